The van der Waals surface area contributed by atoms with Crippen molar-refractivity contribution in [2.24, 2.45) is 0 Å². The second-order valence-corrected chi connectivity index (χ2v) is 9.13. The second kappa shape index (κ2) is 7.94. The van der Waals surface area contributed by atoms with Gasteiger partial charge in [0.25, 0.3) is 11.8 Å². The van der Waals surface area contributed by atoms with Crippen molar-refractivity contribution in [1.29, 1.82) is 0 Å². The van der Waals surface area contributed by atoms with Gasteiger partial charge in [-0.25, -0.2) is 13.5 Å². The fourth-order valence-electron chi connectivity index (χ4n) is 4.94. The number of anilines is 2. The van der Waals surface area contributed by atoms with Crippen LogP contribution in [0.15, 0.2) is 42.6 Å². The maximum absolute atomic E-state index is 13.8. The molecule has 178 valence electrons. The number of nitrogens with one attached hydrogen (secondary N) is 2. The molecule has 1 spiro atoms. The Morgan fingerprint density at radius 3 is 2.69 bits per heavy atom. The molecule has 1 aliphatic carbocycles. The summed E-state index contributed by atoms with van der Waals surface area (Å²) in [5, 5.41) is 9.92. The fourth-order valence-corrected chi connectivity index (χ4v) is 4.94. The third kappa shape index (κ3) is 3.91. The molecule has 2 amide bonds. The molecule has 0 radical (unpaired) electrons. The first kappa shape index (κ1) is 22.6. The summed E-state index contributed by atoms with van der Waals surface area (Å²) in [6, 6.07) is 10.6. The van der Waals surface area contributed by atoms with E-state index in [0.29, 0.717) is 33.6 Å². The van der Waals surface area contributed by atoms with Crippen LogP contribution in [0.1, 0.15) is 41.3 Å². The number of nitrogens with two attached hydrogens (primary N) is 1. The van der Waals surface area contributed by atoms with Crippen LogP contribution in [0, 0.1) is 18.8 Å². The lowest BCUT2D eigenvalue weighted by molar-refractivity contribution is -0.126. The van der Waals surface area contributed by atoms with Crippen LogP contribution in [0.3, 0.4) is 0 Å². The number of hydrogen-bond donors (Lipinski definition) is 3. The highest BCUT2D eigenvalue weighted by atomic mass is 19.3. The van der Waals surface area contributed by atoms with Crippen molar-refractivity contribution >= 4 is 23.3 Å². The summed E-state index contributed by atoms with van der Waals surface area (Å²) in [5.74, 6) is 1.84. The number of carbonyl (C=O) groups is 2. The molecule has 1 fully saturated rings. The molecule has 7 nitrogen and oxygen atoms in total. The van der Waals surface area contributed by atoms with Crippen molar-refractivity contribution in [2.45, 2.75) is 38.0 Å². The Labute approximate surface area is 200 Å². The van der Waals surface area contributed by atoms with Crippen molar-refractivity contribution in [2.75, 3.05) is 17.6 Å². The number of benzene rings is 2. The van der Waals surface area contributed by atoms with E-state index in [2.05, 4.69) is 27.6 Å². The number of fused-ring (bicyclic) bond motifs is 2. The highest BCUT2D eigenvalue weighted by Gasteiger charge is 2.59. The van der Waals surface area contributed by atoms with Crippen LogP contribution < -0.4 is 16.4 Å². The van der Waals surface area contributed by atoms with Crippen molar-refractivity contribution < 1.29 is 18.4 Å². The monoisotopic (exact) mass is 475 g/mol. The number of amides is 2. The summed E-state index contributed by atoms with van der Waals surface area (Å²) in [6.07, 6.45) is 1.14. The third-order valence-corrected chi connectivity index (χ3v) is 6.64. The van der Waals surface area contributed by atoms with Crippen molar-refractivity contribution in [3.8, 4) is 28.7 Å². The molecule has 1 saturated carbocycles. The summed E-state index contributed by atoms with van der Waals surface area (Å²) < 4.78 is 29.3. The van der Waals surface area contributed by atoms with Crippen LogP contribution >= 0.6 is 0 Å². The number of nitrogens with zero attached hydrogens (tertiary/aromatic N) is 2. The molecule has 0 unspecified atom stereocenters. The molecule has 1 aromatic heterocycles. The molecule has 0 saturated heterocycles. The Balaban J connectivity index is 1.51. The number of rotatable bonds is 3. The second-order valence-electron chi connectivity index (χ2n) is 9.13. The van der Waals surface area contributed by atoms with E-state index in [1.54, 1.807) is 42.1 Å². The lowest BCUT2D eigenvalue weighted by atomic mass is 9.59. The SMILES string of the molecule is CC#CC(=O)Nc1cc(-n2cc(-c3ccc4c(c3)C3(CNC4=O)CC(F)(F)C3)c(N)n2)ccc1C. The average Bonchev–Trinajstić information content (AvgIpc) is 3.18. The van der Waals surface area contributed by atoms with Gasteiger partial charge in [0.1, 0.15) is 0 Å². The summed E-state index contributed by atoms with van der Waals surface area (Å²) in [4.78, 5) is 24.3. The molecule has 0 bridgehead atoms. The Kier molecular flexibility index (Phi) is 5.13. The lowest BCUT2D eigenvalue weighted by Gasteiger charge is -2.50. The van der Waals surface area contributed by atoms with E-state index in [-0.39, 0.29) is 31.1 Å². The average molecular weight is 475 g/mol. The van der Waals surface area contributed by atoms with Crippen LogP contribution in [0.5, 0.6) is 0 Å². The van der Waals surface area contributed by atoms with E-state index in [1.807, 2.05) is 19.1 Å². The van der Waals surface area contributed by atoms with Crippen LogP contribution in [0.4, 0.5) is 20.3 Å². The van der Waals surface area contributed by atoms with Gasteiger partial charge in [-0.3, -0.25) is 9.59 Å². The number of halogens is 2. The minimum absolute atomic E-state index is 0.187. The van der Waals surface area contributed by atoms with E-state index >= 15 is 0 Å². The predicted octanol–water partition coefficient (Wildman–Crippen LogP) is 3.80. The van der Waals surface area contributed by atoms with E-state index in [0.717, 1.165) is 5.56 Å². The fraction of sp³-hybridized carbons (Fsp3) is 0.269. The molecule has 1 aliphatic heterocycles. The number of carbonyl (C=O) groups excluding carboxylic acids is 2. The quantitative estimate of drug-likeness (QED) is 0.502. The molecular weight excluding hydrogens is 452 g/mol. The molecule has 9 heteroatoms. The summed E-state index contributed by atoms with van der Waals surface area (Å²) in [7, 11) is 0. The Hall–Kier alpha value is -4.19. The van der Waals surface area contributed by atoms with Gasteiger partial charge in [-0.1, -0.05) is 18.1 Å². The van der Waals surface area contributed by atoms with E-state index in [4.69, 9.17) is 5.73 Å². The highest BCUT2D eigenvalue weighted by Crippen LogP contribution is 2.55. The highest BCUT2D eigenvalue weighted by molar-refractivity contribution is 6.04. The zero-order chi connectivity index (χ0) is 25.0. The van der Waals surface area contributed by atoms with Gasteiger partial charge in [0, 0.05) is 47.8 Å². The van der Waals surface area contributed by atoms with Gasteiger partial charge in [-0.15, -0.1) is 0 Å². The van der Waals surface area contributed by atoms with E-state index < -0.39 is 17.2 Å². The summed E-state index contributed by atoms with van der Waals surface area (Å²) in [5.41, 5.74) is 9.92. The third-order valence-electron chi connectivity index (χ3n) is 6.64. The maximum atomic E-state index is 13.8. The van der Waals surface area contributed by atoms with E-state index in [1.165, 1.54) is 0 Å². The van der Waals surface area contributed by atoms with Gasteiger partial charge in [0.05, 0.1) is 5.69 Å². The topological polar surface area (TPSA) is 102 Å². The molecular formula is C26H23F2N5O2. The van der Waals surface area contributed by atoms with Crippen LogP contribution in [0.2, 0.25) is 0 Å². The van der Waals surface area contributed by atoms with Crippen molar-refractivity contribution in [3.05, 3.63) is 59.3 Å². The zero-order valence-corrected chi connectivity index (χ0v) is 19.2. The van der Waals surface area contributed by atoms with Gasteiger partial charge in [0.15, 0.2) is 5.82 Å². The Bertz CT molecular complexity index is 1440. The van der Waals surface area contributed by atoms with E-state index in [9.17, 15) is 18.4 Å². The first-order valence-corrected chi connectivity index (χ1v) is 11.1. The first-order valence-electron chi connectivity index (χ1n) is 11.1. The van der Waals surface area contributed by atoms with Crippen LogP contribution in [0.25, 0.3) is 16.8 Å². The Morgan fingerprint density at radius 1 is 1.20 bits per heavy atom. The molecule has 2 aromatic carbocycles. The van der Waals surface area contributed by atoms with Crippen molar-refractivity contribution in [1.82, 2.24) is 15.1 Å². The van der Waals surface area contributed by atoms with Gasteiger partial charge >= 0.3 is 0 Å². The molecule has 5 rings (SSSR count). The molecule has 35 heavy (non-hydrogen) atoms. The number of aromatic nitrogens is 2. The van der Waals surface area contributed by atoms with Crippen LogP contribution in [-0.2, 0) is 10.2 Å². The summed E-state index contributed by atoms with van der Waals surface area (Å²) in [6.45, 7) is 3.64. The molecule has 2 aliphatic rings. The Morgan fingerprint density at radius 2 is 1.97 bits per heavy atom. The van der Waals surface area contributed by atoms with Crippen molar-refractivity contribution in [3.63, 3.8) is 0 Å². The summed E-state index contributed by atoms with van der Waals surface area (Å²) >= 11 is 0. The zero-order valence-electron chi connectivity index (χ0n) is 19.2. The van der Waals surface area contributed by atoms with Gasteiger partial charge in [-0.2, -0.15) is 5.10 Å². The number of hydrogen-bond acceptors (Lipinski definition) is 4. The smallest absolute Gasteiger partial charge is 0.300 e. The molecule has 0 atom stereocenters. The number of alkyl halides is 2. The normalized spacial score (nSPS) is 17.0. The van der Waals surface area contributed by atoms with Gasteiger partial charge in [-0.05, 0) is 60.7 Å². The molecule has 3 aromatic rings. The van der Waals surface area contributed by atoms with Crippen LogP contribution in [-0.4, -0.2) is 34.1 Å². The molecule has 2 heterocycles. The van der Waals surface area contributed by atoms with Gasteiger partial charge < -0.3 is 16.4 Å². The standard InChI is InChI=1S/C26H23F2N5O2/c1-3-4-22(34)31-21-10-17(7-5-15(21)2)33-11-19(23(29)32-33)16-6-8-18-20(9-16)25(14-30-24(18)35)12-26(27,28)13-25/h5-11H,12-14H2,1-2H3,(H2,29,32)(H,30,35)(H,31,34). The number of nitrogen functional groups attached to an aromatic ring is 1. The number of aryl methyl sites for hydroxylation is 1. The minimum atomic E-state index is -2.74. The molecule has 4 N–H and O–H groups in total. The lowest BCUT2D eigenvalue weighted by Crippen LogP contribution is -2.58. The predicted molar refractivity (Wildman–Crippen MR) is 128 cm³/mol. The largest absolute Gasteiger partial charge is 0.382 e. The first-order chi connectivity index (χ1) is 16.6. The minimum Gasteiger partial charge on any atom is -0.382 e. The van der Waals surface area contributed by atoms with Gasteiger partial charge in [0.2, 0.25) is 5.92 Å². The maximum Gasteiger partial charge on any atom is 0.300 e.